The van der Waals surface area contributed by atoms with Gasteiger partial charge in [0.15, 0.2) is 0 Å². The minimum absolute atomic E-state index is 0. The second-order valence-corrected chi connectivity index (χ2v) is 11.6. The Kier molecular flexibility index (Phi) is 9.86. The van der Waals surface area contributed by atoms with Gasteiger partial charge in [-0.1, -0.05) is 75.3 Å². The van der Waals surface area contributed by atoms with E-state index in [4.69, 9.17) is 0 Å². The molecule has 38 heavy (non-hydrogen) atoms. The van der Waals surface area contributed by atoms with E-state index in [1.165, 1.54) is 73.6 Å². The van der Waals surface area contributed by atoms with Gasteiger partial charge in [0.2, 0.25) is 0 Å². The monoisotopic (exact) mass is 612 g/mol. The Morgan fingerprint density at radius 1 is 0.789 bits per heavy atom. The molecule has 0 bridgehead atoms. The van der Waals surface area contributed by atoms with Crippen LogP contribution in [0.1, 0.15) is 61.9 Å². The molecule has 0 amide bonds. The van der Waals surface area contributed by atoms with Gasteiger partial charge in [0.25, 0.3) is 0 Å². The van der Waals surface area contributed by atoms with Crippen LogP contribution in [0.2, 0.25) is 0 Å². The van der Waals surface area contributed by atoms with E-state index in [1.54, 1.807) is 0 Å². The first-order chi connectivity index (χ1) is 17.3. The second-order valence-electron chi connectivity index (χ2n) is 10.9. The van der Waals surface area contributed by atoms with Crippen molar-refractivity contribution in [3.8, 4) is 0 Å². The van der Waals surface area contributed by atoms with Crippen molar-refractivity contribution in [2.45, 2.75) is 44.9 Å². The van der Waals surface area contributed by atoms with Crippen LogP contribution >= 0.6 is 0 Å². The summed E-state index contributed by atoms with van der Waals surface area (Å²) in [5, 5.41) is 5.53. The number of allylic oxidation sites excluding steroid dienone is 6. The molecule has 0 saturated carbocycles. The van der Waals surface area contributed by atoms with Gasteiger partial charge in [-0.15, -0.1) is 46.2 Å². The molecule has 0 aliphatic heterocycles. The second kappa shape index (κ2) is 12.3. The molecule has 3 aliphatic rings. The number of hydrogen-bond donors (Lipinski definition) is 0. The Balaban J connectivity index is 0.000000222. The molecule has 3 aliphatic carbocycles. The Morgan fingerprint density at radius 2 is 1.32 bits per heavy atom. The van der Waals surface area contributed by atoms with Crippen molar-refractivity contribution in [3.05, 3.63) is 125 Å². The van der Waals surface area contributed by atoms with Crippen LogP contribution in [0.25, 0.3) is 33.7 Å². The summed E-state index contributed by atoms with van der Waals surface area (Å²) in [6, 6.07) is 22.3. The van der Waals surface area contributed by atoms with Gasteiger partial charge in [0.1, 0.15) is 0 Å². The van der Waals surface area contributed by atoms with E-state index >= 15 is 0 Å². The molecule has 0 unspecified atom stereocenters. The maximum absolute atomic E-state index is 2.99. The molecular weight excluding hydrogens is 583 g/mol. The molecule has 4 aromatic rings. The quantitative estimate of drug-likeness (QED) is 0.290. The van der Waals surface area contributed by atoms with Crippen molar-refractivity contribution in [1.82, 2.24) is 0 Å². The zero-order valence-corrected chi connectivity index (χ0v) is 26.3. The standard InChI is InChI=1S/C23H21.C7H6.C5H5.2ClH.Zr/c1-22(2)7-5-14-10-18-16(12-20(14)22)9-17-13-21-15(11-19(17)18)6-8-23(21,3)4;1-7-5-3-2-4-6-7;1-2-4-5-3-1;;;/h5-13H,1-4H3;1-6H;1-3H,4H2;2*1H;/q-1;;-1;;;+2/p-2. The summed E-state index contributed by atoms with van der Waals surface area (Å²) < 4.78 is 2.17. The van der Waals surface area contributed by atoms with Gasteiger partial charge in [-0.25, -0.2) is 12.2 Å². The minimum atomic E-state index is 0. The number of benzene rings is 3. The molecule has 0 fully saturated rings. The van der Waals surface area contributed by atoms with Gasteiger partial charge in [-0.05, 0) is 11.1 Å². The van der Waals surface area contributed by atoms with Crippen LogP contribution in [0, 0.1) is 6.08 Å². The summed E-state index contributed by atoms with van der Waals surface area (Å²) in [5.74, 6) is 0. The summed E-state index contributed by atoms with van der Waals surface area (Å²) >= 11 is 1.46. The third kappa shape index (κ3) is 6.17. The molecule has 0 radical (unpaired) electrons. The molecule has 4 aromatic carbocycles. The first kappa shape index (κ1) is 30.4. The Bertz CT molecular complexity index is 1470. The number of hydrogen-bond acceptors (Lipinski definition) is 0. The average molecular weight is 615 g/mol. The normalized spacial score (nSPS) is 16.1. The van der Waals surface area contributed by atoms with Crippen LogP contribution in [0.3, 0.4) is 0 Å². The summed E-state index contributed by atoms with van der Waals surface area (Å²) in [5.41, 5.74) is 7.29. The molecule has 0 aromatic heterocycles. The zero-order valence-electron chi connectivity index (χ0n) is 22.4. The van der Waals surface area contributed by atoms with Gasteiger partial charge in [-0.2, -0.15) is 6.08 Å². The predicted molar refractivity (Wildman–Crippen MR) is 154 cm³/mol. The van der Waals surface area contributed by atoms with Crippen molar-refractivity contribution < 1.29 is 49.0 Å². The molecule has 0 saturated heterocycles. The predicted octanol–water partition coefficient (Wildman–Crippen LogP) is 3.02. The fraction of sp³-hybridized carbons (Fsp3) is 0.200. The van der Waals surface area contributed by atoms with Crippen molar-refractivity contribution in [2.75, 3.05) is 0 Å². The number of rotatable bonds is 1. The molecule has 7 rings (SSSR count). The van der Waals surface area contributed by atoms with Crippen LogP contribution in [0.5, 0.6) is 0 Å². The molecule has 0 nitrogen and oxygen atoms in total. The molecule has 0 atom stereocenters. The first-order valence-electron chi connectivity index (χ1n) is 12.7. The van der Waals surface area contributed by atoms with Crippen molar-refractivity contribution >= 4 is 37.4 Å². The molecule has 0 heterocycles. The van der Waals surface area contributed by atoms with E-state index in [1.807, 2.05) is 18.2 Å². The van der Waals surface area contributed by atoms with Gasteiger partial charge < -0.3 is 24.8 Å². The van der Waals surface area contributed by atoms with E-state index in [0.29, 0.717) is 0 Å². The molecular formula is C35H32Cl2Zr-2. The molecule has 0 spiro atoms. The van der Waals surface area contributed by atoms with Gasteiger partial charge in [0.05, 0.1) is 0 Å². The van der Waals surface area contributed by atoms with E-state index in [-0.39, 0.29) is 35.6 Å². The number of halogens is 2. The van der Waals surface area contributed by atoms with E-state index in [0.717, 1.165) is 6.42 Å². The Labute approximate surface area is 254 Å². The van der Waals surface area contributed by atoms with E-state index in [9.17, 15) is 0 Å². The van der Waals surface area contributed by atoms with Crippen LogP contribution in [0.15, 0.2) is 91.0 Å². The third-order valence-electron chi connectivity index (χ3n) is 7.34. The van der Waals surface area contributed by atoms with E-state index < -0.39 is 0 Å². The molecule has 0 N–H and O–H groups in total. The maximum atomic E-state index is 2.99. The zero-order chi connectivity index (χ0) is 25.3. The van der Waals surface area contributed by atoms with Crippen molar-refractivity contribution in [3.63, 3.8) is 0 Å². The van der Waals surface area contributed by atoms with Crippen LogP contribution in [0.4, 0.5) is 0 Å². The van der Waals surface area contributed by atoms with Crippen LogP contribution in [-0.4, -0.2) is 3.71 Å². The molecule has 3 heteroatoms. The summed E-state index contributed by atoms with van der Waals surface area (Å²) in [7, 11) is 0. The Morgan fingerprint density at radius 3 is 1.68 bits per heavy atom. The van der Waals surface area contributed by atoms with Crippen LogP contribution < -0.4 is 24.8 Å². The summed E-state index contributed by atoms with van der Waals surface area (Å²) in [6.45, 7) is 9.19. The van der Waals surface area contributed by atoms with Crippen molar-refractivity contribution in [1.29, 1.82) is 0 Å². The van der Waals surface area contributed by atoms with Crippen LogP contribution in [-0.2, 0) is 35.1 Å². The third-order valence-corrected chi connectivity index (χ3v) is 8.16. The van der Waals surface area contributed by atoms with E-state index in [2.05, 4.69) is 122 Å². The fourth-order valence-electron chi connectivity index (χ4n) is 5.20. The fourth-order valence-corrected chi connectivity index (χ4v) is 5.67. The summed E-state index contributed by atoms with van der Waals surface area (Å²) in [6.07, 6.45) is 19.2. The van der Waals surface area contributed by atoms with Gasteiger partial charge >= 0.3 is 63.8 Å². The molecule has 192 valence electrons. The van der Waals surface area contributed by atoms with Gasteiger partial charge in [-0.3, -0.25) is 6.08 Å². The summed E-state index contributed by atoms with van der Waals surface area (Å²) in [4.78, 5) is 0. The van der Waals surface area contributed by atoms with Gasteiger partial charge in [0, 0.05) is 10.8 Å². The average Bonchev–Trinajstić information content (AvgIpc) is 3.67. The first-order valence-corrected chi connectivity index (χ1v) is 14.1. The Hall–Kier alpha value is -2.18. The topological polar surface area (TPSA) is 0 Å². The number of fused-ring (bicyclic) bond motifs is 5. The van der Waals surface area contributed by atoms with Crippen molar-refractivity contribution in [2.24, 2.45) is 0 Å². The SMILES string of the molecule is CC1(C)C=Cc2cc3c(cc21)[cH-]c1cc2c(cc13)C=CC2(C)C.[C-]1=CC=CC1.[Cl-].[Cl-].[Zr+2]=[CH]c1ccccc1.